The number of nitrogens with zero attached hydrogens (tertiary/aromatic N) is 2. The molecule has 1 amide bonds. The van der Waals surface area contributed by atoms with E-state index >= 15 is 0 Å². The van der Waals surface area contributed by atoms with Crippen molar-refractivity contribution in [1.29, 1.82) is 0 Å². The van der Waals surface area contributed by atoms with Crippen molar-refractivity contribution in [3.05, 3.63) is 30.1 Å². The molecule has 0 aliphatic rings. The molecule has 0 fully saturated rings. The van der Waals surface area contributed by atoms with E-state index in [4.69, 9.17) is 0 Å². The van der Waals surface area contributed by atoms with Crippen LogP contribution in [0.1, 0.15) is 13.3 Å². The summed E-state index contributed by atoms with van der Waals surface area (Å²) in [5.41, 5.74) is 0.864. The Bertz CT molecular complexity index is 580. The molecule has 2 aromatic rings. The first-order chi connectivity index (χ1) is 8.61. The number of halogens is 2. The van der Waals surface area contributed by atoms with E-state index in [0.29, 0.717) is 24.1 Å². The number of hydrogen-bond acceptors (Lipinski definition) is 2. The fraction of sp³-hybridized carbons (Fsp3) is 0.333. The zero-order valence-electron chi connectivity index (χ0n) is 9.91. The standard InChI is InChI=1S/C12H13F2N3O/c1-2-15-12(18)3-4-17-7-16-10-5-8(13)9(14)6-11(10)17/h5-7H,2-4H2,1H3,(H,15,18). The van der Waals surface area contributed by atoms with E-state index in [-0.39, 0.29) is 12.3 Å². The molecule has 96 valence electrons. The lowest BCUT2D eigenvalue weighted by molar-refractivity contribution is -0.121. The van der Waals surface area contributed by atoms with Crippen molar-refractivity contribution in [2.75, 3.05) is 6.54 Å². The van der Waals surface area contributed by atoms with Crippen molar-refractivity contribution in [2.24, 2.45) is 0 Å². The molecule has 1 aromatic heterocycles. The zero-order valence-corrected chi connectivity index (χ0v) is 9.91. The Morgan fingerprint density at radius 1 is 1.39 bits per heavy atom. The van der Waals surface area contributed by atoms with Crippen molar-refractivity contribution in [2.45, 2.75) is 19.9 Å². The van der Waals surface area contributed by atoms with Crippen LogP contribution in [-0.2, 0) is 11.3 Å². The summed E-state index contributed by atoms with van der Waals surface area (Å²) in [5, 5.41) is 2.67. The summed E-state index contributed by atoms with van der Waals surface area (Å²) in [6.45, 7) is 2.79. The lowest BCUT2D eigenvalue weighted by Gasteiger charge is -2.04. The molecule has 2 rings (SSSR count). The number of carbonyl (C=O) groups excluding carboxylic acids is 1. The first-order valence-corrected chi connectivity index (χ1v) is 5.68. The van der Waals surface area contributed by atoms with E-state index in [9.17, 15) is 13.6 Å². The van der Waals surface area contributed by atoms with Crippen LogP contribution in [0.4, 0.5) is 8.78 Å². The SMILES string of the molecule is CCNC(=O)CCn1cnc2cc(F)c(F)cc21. The molecule has 1 aromatic carbocycles. The molecular weight excluding hydrogens is 240 g/mol. The summed E-state index contributed by atoms with van der Waals surface area (Å²) >= 11 is 0. The number of aryl methyl sites for hydroxylation is 1. The lowest BCUT2D eigenvalue weighted by atomic mass is 10.3. The van der Waals surface area contributed by atoms with Crippen LogP contribution in [0, 0.1) is 11.6 Å². The van der Waals surface area contributed by atoms with E-state index in [0.717, 1.165) is 12.1 Å². The molecule has 6 heteroatoms. The summed E-state index contributed by atoms with van der Waals surface area (Å²) in [5.74, 6) is -1.92. The molecule has 4 nitrogen and oxygen atoms in total. The molecule has 1 N–H and O–H groups in total. The molecule has 0 atom stereocenters. The highest BCUT2D eigenvalue weighted by atomic mass is 19.2. The number of amides is 1. The Morgan fingerprint density at radius 2 is 2.11 bits per heavy atom. The Hall–Kier alpha value is -1.98. The van der Waals surface area contributed by atoms with Crippen molar-refractivity contribution < 1.29 is 13.6 Å². The van der Waals surface area contributed by atoms with Gasteiger partial charge in [0.25, 0.3) is 0 Å². The fourth-order valence-corrected chi connectivity index (χ4v) is 1.74. The summed E-state index contributed by atoms with van der Waals surface area (Å²) in [4.78, 5) is 15.3. The van der Waals surface area contributed by atoms with Crippen LogP contribution in [-0.4, -0.2) is 22.0 Å². The maximum absolute atomic E-state index is 13.1. The van der Waals surface area contributed by atoms with Gasteiger partial charge in [-0.05, 0) is 6.92 Å². The maximum Gasteiger partial charge on any atom is 0.221 e. The highest BCUT2D eigenvalue weighted by Gasteiger charge is 2.09. The highest BCUT2D eigenvalue weighted by Crippen LogP contribution is 2.17. The Labute approximate surface area is 103 Å². The second kappa shape index (κ2) is 5.12. The van der Waals surface area contributed by atoms with Gasteiger partial charge in [-0.25, -0.2) is 13.8 Å². The van der Waals surface area contributed by atoms with Gasteiger partial charge in [0.05, 0.1) is 17.4 Å². The molecule has 1 heterocycles. The number of benzene rings is 1. The lowest BCUT2D eigenvalue weighted by Crippen LogP contribution is -2.23. The topological polar surface area (TPSA) is 46.9 Å². The summed E-state index contributed by atoms with van der Waals surface area (Å²) < 4.78 is 27.7. The molecule has 0 bridgehead atoms. The summed E-state index contributed by atoms with van der Waals surface area (Å²) in [6, 6.07) is 2.14. The third-order valence-electron chi connectivity index (χ3n) is 2.62. The van der Waals surface area contributed by atoms with Gasteiger partial charge >= 0.3 is 0 Å². The van der Waals surface area contributed by atoms with Crippen LogP contribution >= 0.6 is 0 Å². The van der Waals surface area contributed by atoms with E-state index in [2.05, 4.69) is 10.3 Å². The first-order valence-electron chi connectivity index (χ1n) is 5.68. The Morgan fingerprint density at radius 3 is 2.83 bits per heavy atom. The molecule has 0 aliphatic carbocycles. The number of imidazole rings is 1. The molecule has 0 unspecified atom stereocenters. The van der Waals surface area contributed by atoms with Crippen LogP contribution in [0.2, 0.25) is 0 Å². The second-order valence-electron chi connectivity index (χ2n) is 3.90. The van der Waals surface area contributed by atoms with E-state index in [1.165, 1.54) is 6.33 Å². The van der Waals surface area contributed by atoms with Crippen molar-refractivity contribution in [3.8, 4) is 0 Å². The largest absolute Gasteiger partial charge is 0.356 e. The third-order valence-corrected chi connectivity index (χ3v) is 2.62. The molecule has 0 saturated heterocycles. The van der Waals surface area contributed by atoms with E-state index < -0.39 is 11.6 Å². The smallest absolute Gasteiger partial charge is 0.221 e. The van der Waals surface area contributed by atoms with Crippen molar-refractivity contribution in [1.82, 2.24) is 14.9 Å². The molecule has 0 radical (unpaired) electrons. The third kappa shape index (κ3) is 2.47. The fourth-order valence-electron chi connectivity index (χ4n) is 1.74. The van der Waals surface area contributed by atoms with Crippen LogP contribution in [0.25, 0.3) is 11.0 Å². The van der Waals surface area contributed by atoms with Crippen molar-refractivity contribution >= 4 is 16.9 Å². The number of fused-ring (bicyclic) bond motifs is 1. The van der Waals surface area contributed by atoms with Crippen LogP contribution in [0.5, 0.6) is 0 Å². The van der Waals surface area contributed by atoms with Gasteiger partial charge in [-0.15, -0.1) is 0 Å². The van der Waals surface area contributed by atoms with Crippen LogP contribution < -0.4 is 5.32 Å². The normalized spacial score (nSPS) is 10.8. The van der Waals surface area contributed by atoms with Gasteiger partial charge in [0.15, 0.2) is 11.6 Å². The van der Waals surface area contributed by atoms with Gasteiger partial charge in [-0.1, -0.05) is 0 Å². The number of nitrogens with one attached hydrogen (secondary N) is 1. The number of rotatable bonds is 4. The minimum atomic E-state index is -0.920. The quantitative estimate of drug-likeness (QED) is 0.903. The first kappa shape index (κ1) is 12.5. The number of aromatic nitrogens is 2. The minimum Gasteiger partial charge on any atom is -0.356 e. The van der Waals surface area contributed by atoms with Crippen molar-refractivity contribution in [3.63, 3.8) is 0 Å². The van der Waals surface area contributed by atoms with E-state index in [1.54, 1.807) is 4.57 Å². The number of hydrogen-bond donors (Lipinski definition) is 1. The van der Waals surface area contributed by atoms with Crippen LogP contribution in [0.15, 0.2) is 18.5 Å². The van der Waals surface area contributed by atoms with Gasteiger partial charge in [0, 0.05) is 31.6 Å². The molecule has 0 saturated carbocycles. The molecular formula is C12H13F2N3O. The summed E-state index contributed by atoms with van der Waals surface area (Å²) in [6.07, 6.45) is 1.75. The minimum absolute atomic E-state index is 0.0815. The second-order valence-corrected chi connectivity index (χ2v) is 3.90. The number of carbonyl (C=O) groups is 1. The average Bonchev–Trinajstić information content (AvgIpc) is 2.70. The highest BCUT2D eigenvalue weighted by molar-refractivity contribution is 5.77. The van der Waals surface area contributed by atoms with Crippen LogP contribution in [0.3, 0.4) is 0 Å². The van der Waals surface area contributed by atoms with Gasteiger partial charge in [-0.3, -0.25) is 4.79 Å². The molecule has 0 aliphatic heterocycles. The molecule has 0 spiro atoms. The predicted molar refractivity (Wildman–Crippen MR) is 62.9 cm³/mol. The Kier molecular flexibility index (Phi) is 3.55. The van der Waals surface area contributed by atoms with Gasteiger partial charge in [0.2, 0.25) is 5.91 Å². The maximum atomic E-state index is 13.1. The summed E-state index contributed by atoms with van der Waals surface area (Å²) in [7, 11) is 0. The van der Waals surface area contributed by atoms with E-state index in [1.807, 2.05) is 6.92 Å². The van der Waals surface area contributed by atoms with Gasteiger partial charge in [0.1, 0.15) is 0 Å². The monoisotopic (exact) mass is 253 g/mol. The Balaban J connectivity index is 2.19. The van der Waals surface area contributed by atoms with Gasteiger partial charge < -0.3 is 9.88 Å². The molecule has 18 heavy (non-hydrogen) atoms. The van der Waals surface area contributed by atoms with Gasteiger partial charge in [-0.2, -0.15) is 0 Å². The zero-order chi connectivity index (χ0) is 13.1. The average molecular weight is 253 g/mol. The predicted octanol–water partition coefficient (Wildman–Crippen LogP) is 1.84.